The molecule has 0 amide bonds. The fourth-order valence-electron chi connectivity index (χ4n) is 2.96. The summed E-state index contributed by atoms with van der Waals surface area (Å²) in [5, 5.41) is 0. The molecule has 3 rings (SSSR count). The molecule has 0 atom stereocenters. The molecule has 2 nitrogen and oxygen atoms in total. The third kappa shape index (κ3) is 3.27. The second-order valence-corrected chi connectivity index (χ2v) is 14.6. The molecule has 0 heterocycles. The Morgan fingerprint density at radius 1 is 0.720 bits per heavy atom. The van der Waals surface area contributed by atoms with Gasteiger partial charge >= 0.3 is 159 Å². The van der Waals surface area contributed by atoms with E-state index in [0.29, 0.717) is 3.21 Å². The zero-order valence-electron chi connectivity index (χ0n) is 13.8. The summed E-state index contributed by atoms with van der Waals surface area (Å²) in [4.78, 5) is 12.6. The van der Waals surface area contributed by atoms with Gasteiger partial charge in [-0.3, -0.25) is 0 Å². The van der Waals surface area contributed by atoms with E-state index in [0.717, 1.165) is 13.1 Å². The van der Waals surface area contributed by atoms with Crippen LogP contribution in [0.25, 0.3) is 0 Å². The van der Waals surface area contributed by atoms with Crippen LogP contribution in [0.2, 0.25) is 0 Å². The van der Waals surface area contributed by atoms with Crippen LogP contribution in [0.5, 0.6) is 0 Å². The first-order chi connectivity index (χ1) is 12.2. The third-order valence-corrected chi connectivity index (χ3v) is 15.5. The van der Waals surface area contributed by atoms with Crippen LogP contribution in [-0.2, 0) is 9.53 Å². The summed E-state index contributed by atoms with van der Waals surface area (Å²) in [5.41, 5.74) is 0. The molecule has 0 radical (unpaired) electrons. The zero-order chi connectivity index (χ0) is 17.7. The van der Waals surface area contributed by atoms with Gasteiger partial charge in [-0.1, -0.05) is 0 Å². The van der Waals surface area contributed by atoms with Crippen LogP contribution >= 0.6 is 15.9 Å². The number of methoxy groups -OCH3 is 1. The van der Waals surface area contributed by atoms with Crippen molar-refractivity contribution in [2.75, 3.05) is 7.11 Å². The van der Waals surface area contributed by atoms with Crippen molar-refractivity contribution in [3.63, 3.8) is 0 Å². The number of carbonyl (C=O) groups is 1. The van der Waals surface area contributed by atoms with E-state index in [1.54, 1.807) is 0 Å². The van der Waals surface area contributed by atoms with Crippen molar-refractivity contribution in [1.29, 1.82) is 0 Å². The summed E-state index contributed by atoms with van der Waals surface area (Å²) < 4.78 is 9.21. The van der Waals surface area contributed by atoms with Gasteiger partial charge in [-0.15, -0.1) is 0 Å². The second-order valence-electron chi connectivity index (χ2n) is 5.46. The molecule has 0 bridgehead atoms. The molecule has 0 saturated heterocycles. The Hall–Kier alpha value is -1.96. The van der Waals surface area contributed by atoms with Crippen LogP contribution in [0.3, 0.4) is 0 Å². The number of esters is 1. The molecule has 3 aromatic carbocycles. The van der Waals surface area contributed by atoms with Crippen LogP contribution in [0, 0.1) is 0 Å². The Bertz CT molecular complexity index is 803. The Balaban J connectivity index is 2.52. The van der Waals surface area contributed by atoms with Crippen LogP contribution in [0.4, 0.5) is 0 Å². The molecule has 0 aliphatic carbocycles. The summed E-state index contributed by atoms with van der Waals surface area (Å²) in [6.45, 7) is 0. The van der Waals surface area contributed by atoms with E-state index in [1.165, 1.54) is 7.11 Å². The predicted octanol–water partition coefficient (Wildman–Crippen LogP) is 2.44. The van der Waals surface area contributed by atoms with Gasteiger partial charge in [0, 0.05) is 0 Å². The van der Waals surface area contributed by atoms with E-state index in [-0.39, 0.29) is 5.97 Å². The van der Waals surface area contributed by atoms with Gasteiger partial charge in [0.25, 0.3) is 0 Å². The molecule has 0 fully saturated rings. The van der Waals surface area contributed by atoms with E-state index in [2.05, 4.69) is 52.3 Å². The first kappa shape index (κ1) is 17.8. The summed E-state index contributed by atoms with van der Waals surface area (Å²) in [6, 6.07) is 30.8. The van der Waals surface area contributed by atoms with E-state index >= 15 is 0 Å². The van der Waals surface area contributed by atoms with Gasteiger partial charge < -0.3 is 0 Å². The molecule has 4 heteroatoms. The Morgan fingerprint density at radius 2 is 1.04 bits per heavy atom. The van der Waals surface area contributed by atoms with Gasteiger partial charge in [0.1, 0.15) is 0 Å². The minimum absolute atomic E-state index is 0.316. The zero-order valence-corrected chi connectivity index (χ0v) is 17.3. The van der Waals surface area contributed by atoms with Crippen LogP contribution in [0.15, 0.2) is 91.0 Å². The standard InChI is InChI=1S/C21H18AsBrO2/c1-25-21(24)20(23)22(17-11-5-2-6-12-17,18-13-7-3-8-14-18)19-15-9-4-10-16-19/h2-16H,1H3. The summed E-state index contributed by atoms with van der Waals surface area (Å²) >= 11 is 0.435. The monoisotopic (exact) mass is 456 g/mol. The third-order valence-electron chi connectivity index (χ3n) is 4.08. The fraction of sp³-hybridized carbons (Fsp3) is 0.0476. The maximum atomic E-state index is 12.6. The number of halogens is 1. The van der Waals surface area contributed by atoms with Gasteiger partial charge in [0.15, 0.2) is 0 Å². The SMILES string of the molecule is COC(=O)C(Br)=[As](c1ccccc1)(c1ccccc1)c1ccccc1. The van der Waals surface area contributed by atoms with E-state index < -0.39 is 13.1 Å². The van der Waals surface area contributed by atoms with E-state index in [9.17, 15) is 4.79 Å². The molecule has 25 heavy (non-hydrogen) atoms. The summed E-state index contributed by atoms with van der Waals surface area (Å²) in [6.07, 6.45) is 0. The molecule has 0 aliphatic rings. The first-order valence-electron chi connectivity index (χ1n) is 7.88. The Labute approximate surface area is 158 Å². The number of ether oxygens (including phenoxy) is 1. The van der Waals surface area contributed by atoms with Gasteiger partial charge in [-0.25, -0.2) is 0 Å². The fourth-order valence-corrected chi connectivity index (χ4v) is 14.3. The van der Waals surface area contributed by atoms with E-state index in [4.69, 9.17) is 4.74 Å². The molecule has 126 valence electrons. The van der Waals surface area contributed by atoms with Gasteiger partial charge in [-0.05, 0) is 0 Å². The summed E-state index contributed by atoms with van der Waals surface area (Å²) in [7, 11) is 1.43. The van der Waals surface area contributed by atoms with Crippen molar-refractivity contribution in [3.8, 4) is 0 Å². The molecule has 0 aromatic heterocycles. The molecule has 0 saturated carbocycles. The minimum atomic E-state index is -3.22. The van der Waals surface area contributed by atoms with Gasteiger partial charge in [-0.2, -0.15) is 0 Å². The first-order valence-corrected chi connectivity index (χ1v) is 12.4. The van der Waals surface area contributed by atoms with E-state index in [1.807, 2.05) is 54.6 Å². The molecular formula is C21H18AsBrO2. The molecule has 0 unspecified atom stereocenters. The molecule has 3 aromatic rings. The number of hydrogen-bond donors (Lipinski definition) is 0. The van der Waals surface area contributed by atoms with Crippen molar-refractivity contribution in [2.24, 2.45) is 0 Å². The van der Waals surface area contributed by atoms with Crippen LogP contribution < -0.4 is 13.1 Å². The van der Waals surface area contributed by atoms with Gasteiger partial charge in [0.05, 0.1) is 0 Å². The average molecular weight is 457 g/mol. The number of benzene rings is 3. The molecule has 0 aliphatic heterocycles. The van der Waals surface area contributed by atoms with Gasteiger partial charge in [0.2, 0.25) is 0 Å². The molecule has 0 spiro atoms. The molecular weight excluding hydrogens is 439 g/mol. The topological polar surface area (TPSA) is 26.3 Å². The van der Waals surface area contributed by atoms with Crippen molar-refractivity contribution < 1.29 is 9.53 Å². The number of rotatable bonds is 4. The van der Waals surface area contributed by atoms with Crippen molar-refractivity contribution in [1.82, 2.24) is 0 Å². The summed E-state index contributed by atoms with van der Waals surface area (Å²) in [5.74, 6) is -0.316. The Kier molecular flexibility index (Phi) is 5.67. The normalized spacial score (nSPS) is 11.0. The second kappa shape index (κ2) is 7.95. The van der Waals surface area contributed by atoms with Crippen LogP contribution in [0.1, 0.15) is 0 Å². The quantitative estimate of drug-likeness (QED) is 0.445. The molecule has 0 N–H and O–H groups in total. The number of hydrogen-bond acceptors (Lipinski definition) is 2. The Morgan fingerprint density at radius 3 is 1.32 bits per heavy atom. The van der Waals surface area contributed by atoms with Crippen molar-refractivity contribution in [2.45, 2.75) is 0 Å². The average Bonchev–Trinajstić information content (AvgIpc) is 2.70. The maximum absolute atomic E-state index is 12.6. The van der Waals surface area contributed by atoms with Crippen molar-refractivity contribution in [3.05, 3.63) is 91.0 Å². The van der Waals surface area contributed by atoms with Crippen LogP contribution in [-0.4, -0.2) is 29.4 Å². The van der Waals surface area contributed by atoms with Crippen molar-refractivity contribution >= 4 is 51.3 Å². The predicted molar refractivity (Wildman–Crippen MR) is 110 cm³/mol. The number of carbonyl (C=O) groups excluding carboxylic acids is 1.